The predicted molar refractivity (Wildman–Crippen MR) is 147 cm³/mol. The molecule has 0 spiro atoms. The lowest BCUT2D eigenvalue weighted by Crippen LogP contribution is -2.39. The number of benzene rings is 2. The minimum atomic E-state index is -4.85. The number of carbonyl (C=O) groups is 2. The Balaban J connectivity index is 1.89. The zero-order valence-electron chi connectivity index (χ0n) is 23.3. The van der Waals surface area contributed by atoms with E-state index in [1.165, 1.54) is 42.2 Å². The van der Waals surface area contributed by atoms with E-state index >= 15 is 0 Å². The molecule has 0 bridgehead atoms. The summed E-state index contributed by atoms with van der Waals surface area (Å²) >= 11 is 0. The van der Waals surface area contributed by atoms with Gasteiger partial charge in [-0.3, -0.25) is 0 Å². The van der Waals surface area contributed by atoms with Crippen molar-refractivity contribution in [2.45, 2.75) is 57.7 Å². The van der Waals surface area contributed by atoms with Gasteiger partial charge >= 0.3 is 18.2 Å². The number of aryl methyl sites for hydroxylation is 1. The van der Waals surface area contributed by atoms with Gasteiger partial charge in [0.25, 0.3) is 10.0 Å². The Morgan fingerprint density at radius 1 is 1.02 bits per heavy atom. The Morgan fingerprint density at radius 3 is 2.22 bits per heavy atom. The number of rotatable bonds is 5. The molecule has 0 radical (unpaired) electrons. The van der Waals surface area contributed by atoms with Gasteiger partial charge in [0.15, 0.2) is 0 Å². The van der Waals surface area contributed by atoms with Gasteiger partial charge in [0, 0.05) is 18.5 Å². The van der Waals surface area contributed by atoms with Gasteiger partial charge in [0.2, 0.25) is 0 Å². The molecule has 0 aliphatic carbocycles. The van der Waals surface area contributed by atoms with Crippen molar-refractivity contribution in [2.24, 2.45) is 0 Å². The van der Waals surface area contributed by atoms with E-state index in [1.807, 2.05) is 0 Å². The van der Waals surface area contributed by atoms with Crippen molar-refractivity contribution < 1.29 is 40.7 Å². The third kappa shape index (κ3) is 6.27. The SMILES string of the molecule is CCOC(=O)c1cc2cc(C3=CCN(C(=O)OC(C)(C)C)CC3)c(C(F)(F)F)cc2n1S(=O)(=O)c1ccc(C)cc1. The summed E-state index contributed by atoms with van der Waals surface area (Å²) in [4.78, 5) is 26.5. The second kappa shape index (κ2) is 10.9. The maximum Gasteiger partial charge on any atom is 0.417 e. The largest absolute Gasteiger partial charge is 0.461 e. The molecule has 1 amide bonds. The van der Waals surface area contributed by atoms with Gasteiger partial charge in [-0.15, -0.1) is 0 Å². The smallest absolute Gasteiger partial charge is 0.417 e. The molecule has 2 heterocycles. The van der Waals surface area contributed by atoms with Crippen LogP contribution in [0.4, 0.5) is 18.0 Å². The number of hydrogen-bond donors (Lipinski definition) is 0. The van der Waals surface area contributed by atoms with E-state index in [1.54, 1.807) is 39.8 Å². The molecule has 0 saturated carbocycles. The average Bonchev–Trinajstić information content (AvgIpc) is 3.27. The van der Waals surface area contributed by atoms with Crippen LogP contribution in [0.25, 0.3) is 16.5 Å². The van der Waals surface area contributed by atoms with Crippen molar-refractivity contribution in [3.8, 4) is 0 Å². The summed E-state index contributed by atoms with van der Waals surface area (Å²) in [7, 11) is -4.49. The van der Waals surface area contributed by atoms with Crippen LogP contribution in [-0.2, 0) is 25.7 Å². The number of esters is 1. The number of fused-ring (bicyclic) bond motifs is 1. The number of alkyl halides is 3. The highest BCUT2D eigenvalue weighted by Gasteiger charge is 2.37. The first kappa shape index (κ1) is 30.2. The number of hydrogen-bond acceptors (Lipinski definition) is 6. The highest BCUT2D eigenvalue weighted by atomic mass is 32.2. The molecular formula is C29H31F3N2O6S. The second-order valence-electron chi connectivity index (χ2n) is 10.7. The van der Waals surface area contributed by atoms with E-state index in [0.717, 1.165) is 11.6 Å². The van der Waals surface area contributed by atoms with Crippen LogP contribution >= 0.6 is 0 Å². The number of ether oxygens (including phenoxy) is 2. The van der Waals surface area contributed by atoms with Gasteiger partial charge < -0.3 is 14.4 Å². The highest BCUT2D eigenvalue weighted by Crippen LogP contribution is 2.41. The topological polar surface area (TPSA) is 94.9 Å². The lowest BCUT2D eigenvalue weighted by molar-refractivity contribution is -0.137. The molecule has 1 aromatic heterocycles. The number of nitrogens with zero attached hydrogens (tertiary/aromatic N) is 2. The molecule has 12 heteroatoms. The Morgan fingerprint density at radius 2 is 1.68 bits per heavy atom. The number of aromatic nitrogens is 1. The fraction of sp³-hybridized carbons (Fsp3) is 0.379. The van der Waals surface area contributed by atoms with Crippen molar-refractivity contribution in [1.29, 1.82) is 0 Å². The lowest BCUT2D eigenvalue weighted by atomic mass is 9.93. The lowest BCUT2D eigenvalue weighted by Gasteiger charge is -2.30. The maximum atomic E-state index is 14.4. The standard InChI is InChI=1S/C29H31F3N2O6S/c1-6-39-26(35)25-16-20-15-22(19-11-13-33(14-12-19)27(36)40-28(3,4)5)23(29(30,31)32)17-24(20)34(25)41(37,38)21-9-7-18(2)8-10-21/h7-11,15-17H,6,12-14H2,1-5H3. The normalized spacial score (nSPS) is 14.6. The minimum Gasteiger partial charge on any atom is -0.461 e. The van der Waals surface area contributed by atoms with Crippen LogP contribution < -0.4 is 0 Å². The first-order chi connectivity index (χ1) is 19.0. The van der Waals surface area contributed by atoms with Crippen LogP contribution in [0.1, 0.15) is 61.3 Å². The summed E-state index contributed by atoms with van der Waals surface area (Å²) in [5, 5.41) is 0.113. The Hall–Kier alpha value is -3.80. The monoisotopic (exact) mass is 592 g/mol. The van der Waals surface area contributed by atoms with Crippen molar-refractivity contribution in [3.05, 3.63) is 70.9 Å². The third-order valence-electron chi connectivity index (χ3n) is 6.45. The van der Waals surface area contributed by atoms with E-state index in [9.17, 15) is 31.2 Å². The molecule has 3 aromatic rings. The van der Waals surface area contributed by atoms with Crippen LogP contribution in [0, 0.1) is 6.92 Å². The van der Waals surface area contributed by atoms with Crippen molar-refractivity contribution >= 4 is 38.6 Å². The molecule has 0 saturated heterocycles. The summed E-state index contributed by atoms with van der Waals surface area (Å²) in [6.07, 6.45) is -3.78. The van der Waals surface area contributed by atoms with Crippen LogP contribution in [0.15, 0.2) is 53.4 Å². The first-order valence-corrected chi connectivity index (χ1v) is 14.4. The van der Waals surface area contributed by atoms with E-state index < -0.39 is 45.1 Å². The molecule has 0 unspecified atom stereocenters. The third-order valence-corrected chi connectivity index (χ3v) is 8.19. The van der Waals surface area contributed by atoms with Gasteiger partial charge in [0.05, 0.1) is 22.6 Å². The Kier molecular flexibility index (Phi) is 8.01. The maximum absolute atomic E-state index is 14.4. The molecule has 0 fully saturated rings. The summed E-state index contributed by atoms with van der Waals surface area (Å²) in [6, 6.07) is 8.97. The van der Waals surface area contributed by atoms with E-state index in [4.69, 9.17) is 9.47 Å². The van der Waals surface area contributed by atoms with Gasteiger partial charge in [-0.1, -0.05) is 23.8 Å². The van der Waals surface area contributed by atoms with Gasteiger partial charge in [-0.25, -0.2) is 22.0 Å². The zero-order valence-corrected chi connectivity index (χ0v) is 24.1. The molecule has 8 nitrogen and oxygen atoms in total. The van der Waals surface area contributed by atoms with Crippen LogP contribution in [0.5, 0.6) is 0 Å². The zero-order chi connectivity index (χ0) is 30.3. The molecule has 41 heavy (non-hydrogen) atoms. The van der Waals surface area contributed by atoms with E-state index in [2.05, 4.69) is 0 Å². The molecule has 4 rings (SSSR count). The summed E-state index contributed by atoms with van der Waals surface area (Å²) in [6.45, 7) is 8.56. The van der Waals surface area contributed by atoms with Gasteiger partial charge in [-0.2, -0.15) is 13.2 Å². The summed E-state index contributed by atoms with van der Waals surface area (Å²) < 4.78 is 81.8. The molecule has 2 aromatic carbocycles. The fourth-order valence-electron chi connectivity index (χ4n) is 4.56. The Labute approximate surface area is 236 Å². The van der Waals surface area contributed by atoms with Crippen LogP contribution in [0.3, 0.4) is 0 Å². The molecule has 220 valence electrons. The quantitative estimate of drug-likeness (QED) is 0.318. The van der Waals surface area contributed by atoms with Crippen molar-refractivity contribution in [2.75, 3.05) is 19.7 Å². The highest BCUT2D eigenvalue weighted by molar-refractivity contribution is 7.90. The van der Waals surface area contributed by atoms with E-state index in [-0.39, 0.29) is 47.5 Å². The van der Waals surface area contributed by atoms with E-state index in [0.29, 0.717) is 9.55 Å². The summed E-state index contributed by atoms with van der Waals surface area (Å²) in [5.41, 5.74) is -1.55. The van der Waals surface area contributed by atoms with Crippen LogP contribution in [-0.4, -0.2) is 54.7 Å². The van der Waals surface area contributed by atoms with Crippen LogP contribution in [0.2, 0.25) is 0 Å². The fourth-order valence-corrected chi connectivity index (χ4v) is 6.05. The van der Waals surface area contributed by atoms with Crippen molar-refractivity contribution in [1.82, 2.24) is 8.87 Å². The second-order valence-corrected chi connectivity index (χ2v) is 12.5. The van der Waals surface area contributed by atoms with Gasteiger partial charge in [-0.05, 0) is 82.5 Å². The number of amides is 1. The molecule has 1 aliphatic rings. The summed E-state index contributed by atoms with van der Waals surface area (Å²) in [5.74, 6) is -0.987. The van der Waals surface area contributed by atoms with Gasteiger partial charge in [0.1, 0.15) is 11.3 Å². The number of halogens is 3. The van der Waals surface area contributed by atoms with Crippen molar-refractivity contribution in [3.63, 3.8) is 0 Å². The molecule has 1 aliphatic heterocycles. The minimum absolute atomic E-state index is 0.0382. The first-order valence-electron chi connectivity index (χ1n) is 13.0. The Bertz CT molecular complexity index is 1630. The molecule has 0 N–H and O–H groups in total. The average molecular weight is 593 g/mol. The number of carbonyl (C=O) groups excluding carboxylic acids is 2. The predicted octanol–water partition coefficient (Wildman–Crippen LogP) is 6.41. The molecular weight excluding hydrogens is 561 g/mol. The molecule has 0 atom stereocenters.